The second-order valence-electron chi connectivity index (χ2n) is 6.85. The van der Waals surface area contributed by atoms with Crippen LogP contribution in [0.5, 0.6) is 0 Å². The van der Waals surface area contributed by atoms with Crippen LogP contribution in [0.15, 0.2) is 91.0 Å². The van der Waals surface area contributed by atoms with E-state index in [4.69, 9.17) is 0 Å². The van der Waals surface area contributed by atoms with Gasteiger partial charge in [-0.1, -0.05) is 112 Å². The second-order valence-corrected chi connectivity index (χ2v) is 6.85. The molecule has 0 spiro atoms. The van der Waals surface area contributed by atoms with Gasteiger partial charge in [-0.25, -0.2) is 0 Å². The number of rotatable bonds is 4. The van der Waals surface area contributed by atoms with Gasteiger partial charge in [0.05, 0.1) is 0 Å². The first-order valence-corrected chi connectivity index (χ1v) is 8.23. The average Bonchev–Trinajstić information content (AvgIpc) is 2.63. The van der Waals surface area contributed by atoms with Crippen LogP contribution < -0.4 is 0 Å². The highest BCUT2D eigenvalue weighted by Gasteiger charge is 2.44. The van der Waals surface area contributed by atoms with Crippen LogP contribution in [-0.4, -0.2) is 0 Å². The van der Waals surface area contributed by atoms with Gasteiger partial charge in [0, 0.05) is 10.8 Å². The highest BCUT2D eigenvalue weighted by molar-refractivity contribution is 5.46. The fourth-order valence-corrected chi connectivity index (χ4v) is 3.57. The lowest BCUT2D eigenvalue weighted by Gasteiger charge is -2.46. The van der Waals surface area contributed by atoms with E-state index in [0.29, 0.717) is 0 Å². The van der Waals surface area contributed by atoms with Gasteiger partial charge in [0.25, 0.3) is 0 Å². The van der Waals surface area contributed by atoms with Crippen LogP contribution in [-0.2, 0) is 10.8 Å². The molecule has 0 unspecified atom stereocenters. The van der Waals surface area contributed by atoms with E-state index in [1.807, 2.05) is 0 Å². The highest BCUT2D eigenvalue weighted by atomic mass is 14.5. The minimum atomic E-state index is -0.114. The van der Waals surface area contributed by atoms with Crippen molar-refractivity contribution < 1.29 is 0 Å². The summed E-state index contributed by atoms with van der Waals surface area (Å²) in [5.74, 6) is 0. The van der Waals surface area contributed by atoms with Crippen LogP contribution in [0.3, 0.4) is 0 Å². The molecule has 0 radical (unpaired) electrons. The predicted octanol–water partition coefficient (Wildman–Crippen LogP) is 5.97. The fourth-order valence-electron chi connectivity index (χ4n) is 3.57. The van der Waals surface area contributed by atoms with Crippen LogP contribution >= 0.6 is 0 Å². The summed E-state index contributed by atoms with van der Waals surface area (Å²) < 4.78 is 0. The molecule has 116 valence electrons. The average molecular weight is 300 g/mol. The smallest absolute Gasteiger partial charge is 0.0265 e. The fraction of sp³-hybridized carbons (Fsp3) is 0.217. The third-order valence-corrected chi connectivity index (χ3v) is 5.45. The van der Waals surface area contributed by atoms with Gasteiger partial charge in [-0.2, -0.15) is 0 Å². The van der Waals surface area contributed by atoms with Crippen LogP contribution in [0.4, 0.5) is 0 Å². The molecule has 0 heteroatoms. The molecule has 0 aromatic heterocycles. The Morgan fingerprint density at radius 2 is 0.739 bits per heavy atom. The molecule has 0 amide bonds. The number of hydrogen-bond acceptors (Lipinski definition) is 0. The topological polar surface area (TPSA) is 0 Å². The molecule has 0 aliphatic carbocycles. The zero-order valence-corrected chi connectivity index (χ0v) is 14.2. The van der Waals surface area contributed by atoms with Gasteiger partial charge in [0.1, 0.15) is 0 Å². The van der Waals surface area contributed by atoms with Gasteiger partial charge in [-0.3, -0.25) is 0 Å². The summed E-state index contributed by atoms with van der Waals surface area (Å²) in [7, 11) is 0. The van der Waals surface area contributed by atoms with E-state index >= 15 is 0 Å². The predicted molar refractivity (Wildman–Crippen MR) is 98.8 cm³/mol. The maximum absolute atomic E-state index is 2.37. The first kappa shape index (κ1) is 15.6. The van der Waals surface area contributed by atoms with Crippen LogP contribution in [0.25, 0.3) is 0 Å². The zero-order valence-electron chi connectivity index (χ0n) is 14.2. The van der Waals surface area contributed by atoms with Crippen LogP contribution in [0, 0.1) is 0 Å². The van der Waals surface area contributed by atoms with E-state index in [1.165, 1.54) is 16.7 Å². The monoisotopic (exact) mass is 300 g/mol. The SMILES string of the molecule is CC(C)(c1ccccc1)C(C)(c1ccccc1)c1ccccc1. The molecule has 0 nitrogen and oxygen atoms in total. The van der Waals surface area contributed by atoms with Gasteiger partial charge < -0.3 is 0 Å². The molecule has 23 heavy (non-hydrogen) atoms. The van der Waals surface area contributed by atoms with Gasteiger partial charge in [0.2, 0.25) is 0 Å². The summed E-state index contributed by atoms with van der Waals surface area (Å²) in [6.45, 7) is 7.06. The van der Waals surface area contributed by atoms with Crippen molar-refractivity contribution in [1.82, 2.24) is 0 Å². The van der Waals surface area contributed by atoms with Crippen molar-refractivity contribution in [3.63, 3.8) is 0 Å². The normalized spacial score (nSPS) is 12.1. The Kier molecular flexibility index (Phi) is 4.09. The van der Waals surface area contributed by atoms with Crippen LogP contribution in [0.2, 0.25) is 0 Å². The maximum atomic E-state index is 2.37. The molecular weight excluding hydrogens is 276 g/mol. The zero-order chi connectivity index (χ0) is 16.3. The summed E-state index contributed by atoms with van der Waals surface area (Å²) in [5.41, 5.74) is 3.89. The largest absolute Gasteiger partial charge is 0.0622 e. The Labute approximate surface area is 139 Å². The Hall–Kier alpha value is -2.34. The number of hydrogen-bond donors (Lipinski definition) is 0. The highest BCUT2D eigenvalue weighted by Crippen LogP contribution is 2.48. The third kappa shape index (κ3) is 2.59. The molecule has 0 atom stereocenters. The van der Waals surface area contributed by atoms with E-state index in [2.05, 4.69) is 112 Å². The third-order valence-electron chi connectivity index (χ3n) is 5.45. The molecule has 0 bridgehead atoms. The summed E-state index contributed by atoms with van der Waals surface area (Å²) in [4.78, 5) is 0. The lowest BCUT2D eigenvalue weighted by Crippen LogP contribution is -2.43. The number of benzene rings is 3. The van der Waals surface area contributed by atoms with E-state index in [9.17, 15) is 0 Å². The van der Waals surface area contributed by atoms with E-state index < -0.39 is 0 Å². The molecule has 0 saturated carbocycles. The molecule has 0 aliphatic heterocycles. The Morgan fingerprint density at radius 1 is 0.435 bits per heavy atom. The summed E-state index contributed by atoms with van der Waals surface area (Å²) in [6, 6.07) is 32.5. The lowest BCUT2D eigenvalue weighted by molar-refractivity contribution is 0.330. The summed E-state index contributed by atoms with van der Waals surface area (Å²) in [5, 5.41) is 0. The van der Waals surface area contributed by atoms with Crippen molar-refractivity contribution in [3.05, 3.63) is 108 Å². The molecule has 0 N–H and O–H groups in total. The summed E-state index contributed by atoms with van der Waals surface area (Å²) in [6.07, 6.45) is 0. The standard InChI is InChI=1S/C23H24/c1-22(2,19-13-7-4-8-14-19)23(3,20-15-9-5-10-16-20)21-17-11-6-12-18-21/h4-18H,1-3H3. The molecule has 3 rings (SSSR count). The molecular formula is C23H24. The van der Waals surface area contributed by atoms with E-state index in [1.54, 1.807) is 0 Å². The summed E-state index contributed by atoms with van der Waals surface area (Å²) >= 11 is 0. The minimum Gasteiger partial charge on any atom is -0.0622 e. The lowest BCUT2D eigenvalue weighted by atomic mass is 9.57. The van der Waals surface area contributed by atoms with Gasteiger partial charge in [0.15, 0.2) is 0 Å². The first-order valence-electron chi connectivity index (χ1n) is 8.23. The maximum Gasteiger partial charge on any atom is 0.0265 e. The van der Waals surface area contributed by atoms with Crippen molar-refractivity contribution in [2.75, 3.05) is 0 Å². The molecule has 0 fully saturated rings. The van der Waals surface area contributed by atoms with E-state index in [-0.39, 0.29) is 10.8 Å². The van der Waals surface area contributed by atoms with Crippen molar-refractivity contribution >= 4 is 0 Å². The van der Waals surface area contributed by atoms with Crippen molar-refractivity contribution in [2.45, 2.75) is 31.6 Å². The second kappa shape index (κ2) is 6.04. The quantitative estimate of drug-likeness (QED) is 0.557. The molecule has 3 aromatic carbocycles. The first-order chi connectivity index (χ1) is 11.1. The van der Waals surface area contributed by atoms with Gasteiger partial charge in [-0.05, 0) is 16.7 Å². The van der Waals surface area contributed by atoms with Crippen molar-refractivity contribution in [3.8, 4) is 0 Å². The molecule has 0 aliphatic rings. The van der Waals surface area contributed by atoms with Crippen molar-refractivity contribution in [2.24, 2.45) is 0 Å². The Bertz CT molecular complexity index is 700. The van der Waals surface area contributed by atoms with E-state index in [0.717, 1.165) is 0 Å². The van der Waals surface area contributed by atoms with Gasteiger partial charge >= 0.3 is 0 Å². The van der Waals surface area contributed by atoms with Crippen LogP contribution in [0.1, 0.15) is 37.5 Å². The molecule has 3 aromatic rings. The molecule has 0 saturated heterocycles. The minimum absolute atomic E-state index is 0.0447. The van der Waals surface area contributed by atoms with Crippen molar-refractivity contribution in [1.29, 1.82) is 0 Å². The Balaban J connectivity index is 2.25. The molecule has 0 heterocycles. The van der Waals surface area contributed by atoms with Gasteiger partial charge in [-0.15, -0.1) is 0 Å². The Morgan fingerprint density at radius 3 is 1.09 bits per heavy atom.